The molecule has 4 heteroatoms. The van der Waals surface area contributed by atoms with E-state index in [0.29, 0.717) is 13.1 Å². The lowest BCUT2D eigenvalue weighted by molar-refractivity contribution is -0.123. The molecule has 1 atom stereocenters. The van der Waals surface area contributed by atoms with Gasteiger partial charge in [-0.15, -0.1) is 0 Å². The van der Waals surface area contributed by atoms with Gasteiger partial charge in [-0.3, -0.25) is 9.69 Å². The van der Waals surface area contributed by atoms with Crippen molar-refractivity contribution >= 4 is 5.91 Å². The Labute approximate surface area is 85.1 Å². The summed E-state index contributed by atoms with van der Waals surface area (Å²) in [6.45, 7) is 5.81. The zero-order chi connectivity index (χ0) is 10.8. The molecule has 1 heterocycles. The molecule has 1 aliphatic rings. The predicted molar refractivity (Wildman–Crippen MR) is 54.7 cm³/mol. The molecule has 0 spiro atoms. The summed E-state index contributed by atoms with van der Waals surface area (Å²) >= 11 is 0. The molecule has 0 bridgehead atoms. The van der Waals surface area contributed by atoms with Crippen molar-refractivity contribution in [3.05, 3.63) is 0 Å². The molecular weight excluding hydrogens is 180 g/mol. The number of hydrogen-bond acceptors (Lipinski definition) is 3. The van der Waals surface area contributed by atoms with E-state index in [1.165, 1.54) is 0 Å². The Balaban J connectivity index is 2.44. The zero-order valence-electron chi connectivity index (χ0n) is 8.99. The molecule has 0 aliphatic carbocycles. The summed E-state index contributed by atoms with van der Waals surface area (Å²) in [4.78, 5) is 13.1. The Morgan fingerprint density at radius 2 is 2.29 bits per heavy atom. The Bertz CT molecular complexity index is 211. The second-order valence-electron chi connectivity index (χ2n) is 4.79. The number of amides is 1. The Kier molecular flexibility index (Phi) is 3.50. The molecule has 1 unspecified atom stereocenters. The highest BCUT2D eigenvalue weighted by Gasteiger charge is 2.27. The number of likely N-dealkylation sites (tertiary alicyclic amines) is 1. The number of carbonyl (C=O) groups excluding carboxylic acids is 1. The second kappa shape index (κ2) is 4.28. The van der Waals surface area contributed by atoms with Gasteiger partial charge in [-0.05, 0) is 33.2 Å². The first-order chi connectivity index (χ1) is 6.38. The topological polar surface area (TPSA) is 66.6 Å². The maximum atomic E-state index is 11.0. The van der Waals surface area contributed by atoms with Crippen molar-refractivity contribution in [2.45, 2.75) is 32.3 Å². The van der Waals surface area contributed by atoms with Crippen molar-refractivity contribution in [3.63, 3.8) is 0 Å². The predicted octanol–water partition coefficient (Wildman–Crippen LogP) is -0.0454. The van der Waals surface area contributed by atoms with E-state index in [4.69, 9.17) is 5.73 Å². The van der Waals surface area contributed by atoms with Gasteiger partial charge in [-0.25, -0.2) is 0 Å². The molecule has 0 radical (unpaired) electrons. The lowest BCUT2D eigenvalue weighted by atomic mass is 9.96. The highest BCUT2D eigenvalue weighted by molar-refractivity contribution is 5.76. The molecule has 1 saturated heterocycles. The van der Waals surface area contributed by atoms with E-state index in [9.17, 15) is 9.90 Å². The number of piperidine rings is 1. The fourth-order valence-electron chi connectivity index (χ4n) is 1.98. The van der Waals surface area contributed by atoms with Crippen molar-refractivity contribution in [1.82, 2.24) is 4.90 Å². The number of nitrogens with zero attached hydrogens (tertiary/aromatic N) is 1. The zero-order valence-corrected chi connectivity index (χ0v) is 8.99. The van der Waals surface area contributed by atoms with Crippen molar-refractivity contribution in [1.29, 1.82) is 0 Å². The summed E-state index contributed by atoms with van der Waals surface area (Å²) in [6.07, 6.45) is 1.88. The second-order valence-corrected chi connectivity index (χ2v) is 4.79. The molecule has 0 saturated carbocycles. The summed E-state index contributed by atoms with van der Waals surface area (Å²) in [5, 5.41) is 9.64. The SMILES string of the molecule is CC(C)(O)CN1CCCC(C(N)=O)C1. The van der Waals surface area contributed by atoms with E-state index in [-0.39, 0.29) is 11.8 Å². The highest BCUT2D eigenvalue weighted by atomic mass is 16.3. The molecular formula is C10H20N2O2. The molecule has 0 aromatic heterocycles. The Morgan fingerprint density at radius 1 is 1.64 bits per heavy atom. The van der Waals surface area contributed by atoms with Crippen LogP contribution in [0, 0.1) is 5.92 Å². The number of primary amides is 1. The van der Waals surface area contributed by atoms with Gasteiger partial charge in [0.25, 0.3) is 0 Å². The first-order valence-corrected chi connectivity index (χ1v) is 5.12. The number of rotatable bonds is 3. The number of β-amino-alcohol motifs (C(OH)–C–C–N with tert-alkyl or cyclic N) is 1. The van der Waals surface area contributed by atoms with E-state index in [0.717, 1.165) is 19.4 Å². The third-order valence-corrected chi connectivity index (χ3v) is 2.52. The van der Waals surface area contributed by atoms with Crippen LogP contribution in [-0.2, 0) is 4.79 Å². The van der Waals surface area contributed by atoms with E-state index in [1.807, 2.05) is 0 Å². The molecule has 1 fully saturated rings. The van der Waals surface area contributed by atoms with Crippen LogP contribution in [0.3, 0.4) is 0 Å². The summed E-state index contributed by atoms with van der Waals surface area (Å²) in [5.74, 6) is -0.253. The van der Waals surface area contributed by atoms with Gasteiger partial charge in [0, 0.05) is 13.1 Å². The normalized spacial score (nSPS) is 24.9. The summed E-state index contributed by atoms with van der Waals surface area (Å²) in [5.41, 5.74) is 4.57. The van der Waals surface area contributed by atoms with Crippen LogP contribution in [0.25, 0.3) is 0 Å². The van der Waals surface area contributed by atoms with Crippen LogP contribution in [0.1, 0.15) is 26.7 Å². The lowest BCUT2D eigenvalue weighted by Crippen LogP contribution is -2.46. The van der Waals surface area contributed by atoms with Crippen LogP contribution in [0.5, 0.6) is 0 Å². The van der Waals surface area contributed by atoms with Gasteiger partial charge >= 0.3 is 0 Å². The number of hydrogen-bond donors (Lipinski definition) is 2. The highest BCUT2D eigenvalue weighted by Crippen LogP contribution is 2.17. The minimum Gasteiger partial charge on any atom is -0.389 e. The molecule has 0 aromatic rings. The quantitative estimate of drug-likeness (QED) is 0.671. The molecule has 1 aliphatic heterocycles. The Hall–Kier alpha value is -0.610. The van der Waals surface area contributed by atoms with Gasteiger partial charge in [0.2, 0.25) is 5.91 Å². The first-order valence-electron chi connectivity index (χ1n) is 5.12. The minimum absolute atomic E-state index is 0.0360. The molecule has 3 N–H and O–H groups in total. The van der Waals surface area contributed by atoms with Gasteiger partial charge < -0.3 is 10.8 Å². The van der Waals surface area contributed by atoms with E-state index < -0.39 is 5.60 Å². The first kappa shape index (κ1) is 11.5. The largest absolute Gasteiger partial charge is 0.389 e. The third kappa shape index (κ3) is 3.64. The summed E-state index contributed by atoms with van der Waals surface area (Å²) in [7, 11) is 0. The third-order valence-electron chi connectivity index (χ3n) is 2.52. The van der Waals surface area contributed by atoms with Gasteiger partial charge in [0.1, 0.15) is 0 Å². The van der Waals surface area contributed by atoms with Crippen molar-refractivity contribution in [2.24, 2.45) is 11.7 Å². The molecule has 14 heavy (non-hydrogen) atoms. The fraction of sp³-hybridized carbons (Fsp3) is 0.900. The molecule has 82 valence electrons. The van der Waals surface area contributed by atoms with Crippen LogP contribution in [-0.4, -0.2) is 41.1 Å². The fourth-order valence-corrected chi connectivity index (χ4v) is 1.98. The molecule has 4 nitrogen and oxygen atoms in total. The molecule has 1 amide bonds. The smallest absolute Gasteiger partial charge is 0.221 e. The van der Waals surface area contributed by atoms with E-state index in [1.54, 1.807) is 13.8 Å². The van der Waals surface area contributed by atoms with E-state index >= 15 is 0 Å². The van der Waals surface area contributed by atoms with E-state index in [2.05, 4.69) is 4.90 Å². The Morgan fingerprint density at radius 3 is 2.79 bits per heavy atom. The summed E-state index contributed by atoms with van der Waals surface area (Å²) in [6, 6.07) is 0. The lowest BCUT2D eigenvalue weighted by Gasteiger charge is -2.34. The average molecular weight is 200 g/mol. The monoisotopic (exact) mass is 200 g/mol. The van der Waals surface area contributed by atoms with Crippen molar-refractivity contribution < 1.29 is 9.90 Å². The van der Waals surface area contributed by atoms with Crippen LogP contribution in [0.2, 0.25) is 0 Å². The molecule has 1 rings (SSSR count). The number of nitrogens with two attached hydrogens (primary N) is 1. The van der Waals surface area contributed by atoms with Crippen molar-refractivity contribution in [2.75, 3.05) is 19.6 Å². The van der Waals surface area contributed by atoms with Gasteiger partial charge in [0.05, 0.1) is 11.5 Å². The van der Waals surface area contributed by atoms with Crippen LogP contribution in [0.4, 0.5) is 0 Å². The standard InChI is InChI=1S/C10H20N2O2/c1-10(2,14)7-12-5-3-4-8(6-12)9(11)13/h8,14H,3-7H2,1-2H3,(H2,11,13). The van der Waals surface area contributed by atoms with Crippen LogP contribution in [0.15, 0.2) is 0 Å². The number of aliphatic hydroxyl groups is 1. The summed E-state index contributed by atoms with van der Waals surface area (Å²) < 4.78 is 0. The minimum atomic E-state index is -0.695. The number of carbonyl (C=O) groups is 1. The van der Waals surface area contributed by atoms with Crippen LogP contribution < -0.4 is 5.73 Å². The average Bonchev–Trinajstić information content (AvgIpc) is 2.01. The maximum Gasteiger partial charge on any atom is 0.221 e. The maximum absolute atomic E-state index is 11.0. The van der Waals surface area contributed by atoms with Crippen molar-refractivity contribution in [3.8, 4) is 0 Å². The van der Waals surface area contributed by atoms with Crippen LogP contribution >= 0.6 is 0 Å². The van der Waals surface area contributed by atoms with Gasteiger partial charge in [-0.1, -0.05) is 0 Å². The van der Waals surface area contributed by atoms with Gasteiger partial charge in [0.15, 0.2) is 0 Å². The van der Waals surface area contributed by atoms with Gasteiger partial charge in [-0.2, -0.15) is 0 Å². The molecule has 0 aromatic carbocycles.